The van der Waals surface area contributed by atoms with Crippen LogP contribution in [0.15, 0.2) is 75.8 Å². The lowest BCUT2D eigenvalue weighted by molar-refractivity contribution is 0.102. The Balaban J connectivity index is 1.82. The third kappa shape index (κ3) is 5.37. The Labute approximate surface area is 222 Å². The van der Waals surface area contributed by atoms with Gasteiger partial charge in [-0.25, -0.2) is 0 Å². The summed E-state index contributed by atoms with van der Waals surface area (Å²) in [6.45, 7) is 1.62. The highest BCUT2D eigenvalue weighted by molar-refractivity contribution is 7.86. The number of aromatic hydroxyl groups is 1. The van der Waals surface area contributed by atoms with Crippen LogP contribution in [0.25, 0.3) is 10.8 Å². The summed E-state index contributed by atoms with van der Waals surface area (Å²) in [5, 5.41) is 23.2. The first kappa shape index (κ1) is 26.4. The van der Waals surface area contributed by atoms with Crippen molar-refractivity contribution in [2.75, 3.05) is 12.4 Å². The monoisotopic (exact) mass is 559 g/mol. The maximum absolute atomic E-state index is 13.2. The summed E-state index contributed by atoms with van der Waals surface area (Å²) in [6.07, 6.45) is 0. The normalized spacial score (nSPS) is 11.7. The van der Waals surface area contributed by atoms with E-state index in [2.05, 4.69) is 15.5 Å². The van der Waals surface area contributed by atoms with Gasteiger partial charge in [-0.3, -0.25) is 9.35 Å². The average Bonchev–Trinajstić information content (AvgIpc) is 2.83. The van der Waals surface area contributed by atoms with E-state index in [9.17, 15) is 22.9 Å². The number of para-hydroxylation sites is 1. The molecule has 0 atom stereocenters. The van der Waals surface area contributed by atoms with Crippen LogP contribution >= 0.6 is 23.2 Å². The molecule has 12 heteroatoms. The van der Waals surface area contributed by atoms with Gasteiger partial charge in [-0.05, 0) is 48.2 Å². The molecule has 0 fully saturated rings. The molecule has 4 aromatic carbocycles. The van der Waals surface area contributed by atoms with Gasteiger partial charge in [-0.2, -0.15) is 13.5 Å². The van der Waals surface area contributed by atoms with Crippen molar-refractivity contribution in [3.63, 3.8) is 0 Å². The van der Waals surface area contributed by atoms with E-state index >= 15 is 0 Å². The number of nitrogens with zero attached hydrogens (tertiary/aromatic N) is 2. The van der Waals surface area contributed by atoms with Crippen LogP contribution < -0.4 is 10.1 Å². The van der Waals surface area contributed by atoms with Gasteiger partial charge in [0, 0.05) is 5.39 Å². The number of nitrogens with one attached hydrogen (secondary N) is 1. The molecule has 0 radical (unpaired) electrons. The maximum atomic E-state index is 13.2. The van der Waals surface area contributed by atoms with Gasteiger partial charge < -0.3 is 15.2 Å². The minimum atomic E-state index is -4.61. The molecular formula is C25H19Cl2N3O6S. The number of hydrogen-bond acceptors (Lipinski definition) is 7. The minimum Gasteiger partial charge on any atom is -0.505 e. The van der Waals surface area contributed by atoms with E-state index < -0.39 is 26.7 Å². The molecule has 190 valence electrons. The number of aryl methyl sites for hydroxylation is 1. The molecule has 0 saturated carbocycles. The number of carbonyl (C=O) groups excluding carboxylic acids is 1. The molecule has 0 aliphatic carbocycles. The lowest BCUT2D eigenvalue weighted by atomic mass is 10.0. The second-order valence-corrected chi connectivity index (χ2v) is 10.1. The fraction of sp³-hybridized carbons (Fsp3) is 0.0800. The number of ether oxygens (including phenoxy) is 1. The minimum absolute atomic E-state index is 0.0240. The number of phenolic OH excluding ortho intramolecular Hbond substituents is 1. The van der Waals surface area contributed by atoms with Gasteiger partial charge in [0.15, 0.2) is 11.5 Å². The number of phenols is 1. The number of rotatable bonds is 6. The van der Waals surface area contributed by atoms with Crippen molar-refractivity contribution in [1.29, 1.82) is 0 Å². The van der Waals surface area contributed by atoms with Crippen molar-refractivity contribution < 1.29 is 27.6 Å². The number of anilines is 1. The van der Waals surface area contributed by atoms with E-state index in [-0.39, 0.29) is 27.7 Å². The zero-order valence-corrected chi connectivity index (χ0v) is 21.7. The largest absolute Gasteiger partial charge is 0.505 e. The van der Waals surface area contributed by atoms with Crippen LogP contribution in [0.4, 0.5) is 17.1 Å². The van der Waals surface area contributed by atoms with Gasteiger partial charge in [0.1, 0.15) is 10.6 Å². The molecular weight excluding hydrogens is 541 g/mol. The van der Waals surface area contributed by atoms with Crippen LogP contribution in [0.1, 0.15) is 15.9 Å². The Morgan fingerprint density at radius 2 is 1.73 bits per heavy atom. The molecule has 0 aromatic heterocycles. The fourth-order valence-electron chi connectivity index (χ4n) is 3.65. The van der Waals surface area contributed by atoms with Crippen molar-refractivity contribution in [2.45, 2.75) is 11.8 Å². The predicted molar refractivity (Wildman–Crippen MR) is 142 cm³/mol. The van der Waals surface area contributed by atoms with Crippen LogP contribution in [0.5, 0.6) is 11.5 Å². The molecule has 37 heavy (non-hydrogen) atoms. The average molecular weight is 560 g/mol. The van der Waals surface area contributed by atoms with E-state index in [0.717, 1.165) is 6.07 Å². The van der Waals surface area contributed by atoms with Crippen LogP contribution in [-0.2, 0) is 10.1 Å². The van der Waals surface area contributed by atoms with E-state index in [4.69, 9.17) is 27.9 Å². The summed E-state index contributed by atoms with van der Waals surface area (Å²) in [7, 11) is -3.20. The first-order valence-electron chi connectivity index (χ1n) is 10.6. The third-order valence-electron chi connectivity index (χ3n) is 5.45. The summed E-state index contributed by atoms with van der Waals surface area (Å²) >= 11 is 12.1. The molecule has 1 amide bonds. The van der Waals surface area contributed by atoms with Gasteiger partial charge in [-0.15, -0.1) is 5.11 Å². The van der Waals surface area contributed by atoms with E-state index in [1.165, 1.54) is 19.2 Å². The molecule has 0 heterocycles. The molecule has 0 aliphatic rings. The van der Waals surface area contributed by atoms with Gasteiger partial charge in [-0.1, -0.05) is 53.5 Å². The summed E-state index contributed by atoms with van der Waals surface area (Å²) in [5.41, 5.74) is 0.724. The molecule has 3 N–H and O–H groups in total. The Morgan fingerprint density at radius 1 is 1.00 bits per heavy atom. The van der Waals surface area contributed by atoms with Crippen LogP contribution in [-0.4, -0.2) is 31.1 Å². The van der Waals surface area contributed by atoms with Crippen molar-refractivity contribution in [1.82, 2.24) is 0 Å². The van der Waals surface area contributed by atoms with Crippen molar-refractivity contribution in [3.05, 3.63) is 81.8 Å². The highest BCUT2D eigenvalue weighted by Crippen LogP contribution is 2.41. The number of amides is 1. The summed E-state index contributed by atoms with van der Waals surface area (Å²) in [4.78, 5) is 12.6. The quantitative estimate of drug-likeness (QED) is 0.170. The summed E-state index contributed by atoms with van der Waals surface area (Å²) in [6, 6.07) is 15.6. The third-order valence-corrected chi connectivity index (χ3v) is 7.06. The first-order valence-corrected chi connectivity index (χ1v) is 12.8. The van der Waals surface area contributed by atoms with Gasteiger partial charge in [0.25, 0.3) is 16.0 Å². The lowest BCUT2D eigenvalue weighted by Crippen LogP contribution is -2.13. The van der Waals surface area contributed by atoms with Gasteiger partial charge in [0.05, 0.1) is 34.1 Å². The van der Waals surface area contributed by atoms with Crippen LogP contribution in [0.2, 0.25) is 10.0 Å². The Hall–Kier alpha value is -3.70. The highest BCUT2D eigenvalue weighted by atomic mass is 35.5. The lowest BCUT2D eigenvalue weighted by Gasteiger charge is -2.14. The number of halogens is 2. The van der Waals surface area contributed by atoms with Gasteiger partial charge in [0.2, 0.25) is 0 Å². The number of fused-ring (bicyclic) bond motifs is 1. The second-order valence-electron chi connectivity index (χ2n) is 7.86. The summed E-state index contributed by atoms with van der Waals surface area (Å²) in [5.74, 6) is -0.857. The number of methoxy groups -OCH3 is 1. The molecule has 4 rings (SSSR count). The zero-order chi connectivity index (χ0) is 26.9. The Morgan fingerprint density at radius 3 is 2.43 bits per heavy atom. The second kappa shape index (κ2) is 10.3. The summed E-state index contributed by atoms with van der Waals surface area (Å²) < 4.78 is 38.0. The Bertz CT molecular complexity index is 1690. The zero-order valence-electron chi connectivity index (χ0n) is 19.4. The van der Waals surface area contributed by atoms with Gasteiger partial charge >= 0.3 is 0 Å². The van der Waals surface area contributed by atoms with Crippen molar-refractivity contribution in [3.8, 4) is 11.5 Å². The standard InChI is InChI=1S/C25H19Cl2N3O6S/c1-13-10-18(27)21(37(33,34)35)12-20(13)29-30-22-15-7-4-3-6-14(15)11-16(23(22)31)25(32)28-19-9-5-8-17(26)24(19)36-2/h3-12,31H,1-2H3,(H,28,32)(H,33,34,35). The number of azo groups is 1. The molecule has 0 spiro atoms. The van der Waals surface area contributed by atoms with Crippen LogP contribution in [0.3, 0.4) is 0 Å². The fourth-order valence-corrected chi connectivity index (χ4v) is 4.98. The number of hydrogen-bond donors (Lipinski definition) is 3. The van der Waals surface area contributed by atoms with E-state index in [1.54, 1.807) is 49.4 Å². The van der Waals surface area contributed by atoms with Crippen molar-refractivity contribution >= 4 is 67.1 Å². The first-order chi connectivity index (χ1) is 17.5. The maximum Gasteiger partial charge on any atom is 0.296 e. The highest BCUT2D eigenvalue weighted by Gasteiger charge is 2.21. The number of carbonyl (C=O) groups is 1. The smallest absolute Gasteiger partial charge is 0.296 e. The van der Waals surface area contributed by atoms with E-state index in [0.29, 0.717) is 27.0 Å². The van der Waals surface area contributed by atoms with Crippen LogP contribution in [0, 0.1) is 6.92 Å². The van der Waals surface area contributed by atoms with E-state index in [1.807, 2.05) is 0 Å². The topological polar surface area (TPSA) is 138 Å². The molecule has 0 aliphatic heterocycles. The molecule has 0 bridgehead atoms. The number of benzene rings is 4. The SMILES string of the molecule is COc1c(Cl)cccc1NC(=O)c1cc2ccccc2c(N=Nc2cc(S(=O)(=O)O)c(Cl)cc2C)c1O. The predicted octanol–water partition coefficient (Wildman–Crippen LogP) is 7.08. The molecule has 0 unspecified atom stereocenters. The molecule has 4 aromatic rings. The Kier molecular flexibility index (Phi) is 7.37. The molecule has 9 nitrogen and oxygen atoms in total. The van der Waals surface area contributed by atoms with Crippen molar-refractivity contribution in [2.24, 2.45) is 10.2 Å². The molecule has 0 saturated heterocycles.